The number of fused-ring (bicyclic) bond motifs is 1. The fourth-order valence-corrected chi connectivity index (χ4v) is 1.87. The van der Waals surface area contributed by atoms with E-state index >= 15 is 0 Å². The van der Waals surface area contributed by atoms with E-state index in [9.17, 15) is 0 Å². The lowest BCUT2D eigenvalue weighted by molar-refractivity contribution is 0.173. The smallest absolute Gasteiger partial charge is 0.231 e. The first-order valence-electron chi connectivity index (χ1n) is 5.66. The second-order valence-corrected chi connectivity index (χ2v) is 3.95. The molecule has 0 saturated carbocycles. The lowest BCUT2D eigenvalue weighted by Crippen LogP contribution is -2.05. The first kappa shape index (κ1) is 10.7. The molecule has 0 saturated heterocycles. The molecular weight excluding hydrogens is 230 g/mol. The van der Waals surface area contributed by atoms with Gasteiger partial charge in [0.05, 0.1) is 5.69 Å². The van der Waals surface area contributed by atoms with Crippen LogP contribution in [-0.2, 0) is 6.54 Å². The maximum Gasteiger partial charge on any atom is 0.231 e. The minimum absolute atomic E-state index is 0.276. The van der Waals surface area contributed by atoms with Crippen LogP contribution in [-0.4, -0.2) is 11.8 Å². The quantitative estimate of drug-likeness (QED) is 0.863. The van der Waals surface area contributed by atoms with Crippen molar-refractivity contribution in [2.75, 3.05) is 17.8 Å². The monoisotopic (exact) mass is 243 g/mol. The Balaban J connectivity index is 1.78. The molecule has 5 nitrogen and oxygen atoms in total. The van der Waals surface area contributed by atoms with Gasteiger partial charge in [-0.15, -0.1) is 0 Å². The molecule has 0 fully saturated rings. The van der Waals surface area contributed by atoms with Crippen LogP contribution < -0.4 is 20.5 Å². The van der Waals surface area contributed by atoms with Crippen LogP contribution in [0.3, 0.4) is 0 Å². The number of hydrogen-bond donors (Lipinski definition) is 2. The third kappa shape index (κ3) is 1.90. The second-order valence-electron chi connectivity index (χ2n) is 3.95. The molecule has 0 spiro atoms. The summed E-state index contributed by atoms with van der Waals surface area (Å²) in [5.74, 6) is 2.25. The second kappa shape index (κ2) is 4.44. The number of benzene rings is 1. The number of anilines is 2. The molecule has 3 rings (SSSR count). The Bertz CT molecular complexity index is 572. The molecule has 1 aromatic heterocycles. The zero-order chi connectivity index (χ0) is 12.4. The van der Waals surface area contributed by atoms with Gasteiger partial charge in [-0.1, -0.05) is 12.1 Å². The van der Waals surface area contributed by atoms with Crippen LogP contribution in [0.4, 0.5) is 11.5 Å². The fraction of sp³-hybridized carbons (Fsp3) is 0.154. The molecular formula is C13H13N3O2. The number of aromatic nitrogens is 1. The van der Waals surface area contributed by atoms with E-state index in [0.29, 0.717) is 18.1 Å². The fourth-order valence-electron chi connectivity index (χ4n) is 1.87. The van der Waals surface area contributed by atoms with Gasteiger partial charge in [0.1, 0.15) is 5.82 Å². The summed E-state index contributed by atoms with van der Waals surface area (Å²) < 4.78 is 10.8. The highest BCUT2D eigenvalue weighted by atomic mass is 16.7. The molecule has 0 radical (unpaired) electrons. The zero-order valence-corrected chi connectivity index (χ0v) is 9.72. The number of nitrogens with one attached hydrogen (secondary N) is 1. The molecule has 2 heterocycles. The Labute approximate surface area is 105 Å². The highest BCUT2D eigenvalue weighted by Gasteiger charge is 2.16. The van der Waals surface area contributed by atoms with Crippen molar-refractivity contribution >= 4 is 11.5 Å². The number of pyridine rings is 1. The van der Waals surface area contributed by atoms with Crippen LogP contribution in [0, 0.1) is 0 Å². The van der Waals surface area contributed by atoms with Crippen LogP contribution in [0.2, 0.25) is 0 Å². The molecule has 0 aliphatic carbocycles. The average molecular weight is 243 g/mol. The van der Waals surface area contributed by atoms with Gasteiger partial charge in [0, 0.05) is 18.3 Å². The predicted octanol–water partition coefficient (Wildman–Crippen LogP) is 2.00. The minimum atomic E-state index is 0.276. The normalized spacial score (nSPS) is 12.4. The van der Waals surface area contributed by atoms with Gasteiger partial charge in [0.15, 0.2) is 11.5 Å². The Morgan fingerprint density at radius 1 is 1.22 bits per heavy atom. The van der Waals surface area contributed by atoms with Crippen molar-refractivity contribution in [2.24, 2.45) is 0 Å². The van der Waals surface area contributed by atoms with E-state index in [2.05, 4.69) is 10.3 Å². The first-order chi connectivity index (χ1) is 8.84. The van der Waals surface area contributed by atoms with E-state index in [-0.39, 0.29) is 6.79 Å². The SMILES string of the molecule is Nc1cccnc1NCc1cccc2c1OCO2. The number of nitrogen functional groups attached to an aromatic ring is 1. The number of ether oxygens (including phenoxy) is 2. The first-order valence-corrected chi connectivity index (χ1v) is 5.66. The average Bonchev–Trinajstić information content (AvgIpc) is 2.86. The summed E-state index contributed by atoms with van der Waals surface area (Å²) in [4.78, 5) is 4.18. The highest BCUT2D eigenvalue weighted by molar-refractivity contribution is 5.61. The molecule has 0 amide bonds. The van der Waals surface area contributed by atoms with Crippen LogP contribution in [0.5, 0.6) is 11.5 Å². The van der Waals surface area contributed by atoms with E-state index in [0.717, 1.165) is 17.1 Å². The number of nitrogens with zero attached hydrogens (tertiary/aromatic N) is 1. The van der Waals surface area contributed by atoms with Crippen LogP contribution in [0.1, 0.15) is 5.56 Å². The maximum absolute atomic E-state index is 5.82. The maximum atomic E-state index is 5.82. The Morgan fingerprint density at radius 2 is 2.17 bits per heavy atom. The number of hydrogen-bond acceptors (Lipinski definition) is 5. The summed E-state index contributed by atoms with van der Waals surface area (Å²) in [6, 6.07) is 9.43. The van der Waals surface area contributed by atoms with Crippen molar-refractivity contribution in [3.05, 3.63) is 42.1 Å². The van der Waals surface area contributed by atoms with Gasteiger partial charge in [0.2, 0.25) is 6.79 Å². The zero-order valence-electron chi connectivity index (χ0n) is 9.72. The Morgan fingerprint density at radius 3 is 3.06 bits per heavy atom. The standard InChI is InChI=1S/C13H13N3O2/c14-10-4-2-6-15-13(10)16-7-9-3-1-5-11-12(9)18-8-17-11/h1-6H,7-8,14H2,(H,15,16). The lowest BCUT2D eigenvalue weighted by Gasteiger charge is -2.09. The summed E-state index contributed by atoms with van der Waals surface area (Å²) >= 11 is 0. The van der Waals surface area contributed by atoms with Gasteiger partial charge in [-0.3, -0.25) is 0 Å². The van der Waals surface area contributed by atoms with E-state index in [1.807, 2.05) is 24.3 Å². The van der Waals surface area contributed by atoms with E-state index < -0.39 is 0 Å². The molecule has 5 heteroatoms. The molecule has 0 unspecified atom stereocenters. The van der Waals surface area contributed by atoms with Gasteiger partial charge in [-0.05, 0) is 18.2 Å². The number of nitrogens with two attached hydrogens (primary N) is 1. The Hall–Kier alpha value is -2.43. The molecule has 1 aliphatic heterocycles. The van der Waals surface area contributed by atoms with Crippen molar-refractivity contribution in [1.29, 1.82) is 0 Å². The van der Waals surface area contributed by atoms with Crippen molar-refractivity contribution in [3.63, 3.8) is 0 Å². The van der Waals surface area contributed by atoms with Crippen LogP contribution in [0.15, 0.2) is 36.5 Å². The molecule has 2 aromatic rings. The number of rotatable bonds is 3. The summed E-state index contributed by atoms with van der Waals surface area (Å²) in [5.41, 5.74) is 7.47. The van der Waals surface area contributed by atoms with Gasteiger partial charge >= 0.3 is 0 Å². The molecule has 1 aromatic carbocycles. The molecule has 1 aliphatic rings. The Kier molecular flexibility index (Phi) is 2.64. The summed E-state index contributed by atoms with van der Waals surface area (Å²) in [6.07, 6.45) is 1.70. The predicted molar refractivity (Wildman–Crippen MR) is 68.5 cm³/mol. The van der Waals surface area contributed by atoms with Crippen molar-refractivity contribution in [3.8, 4) is 11.5 Å². The van der Waals surface area contributed by atoms with Crippen molar-refractivity contribution in [2.45, 2.75) is 6.54 Å². The van der Waals surface area contributed by atoms with Gasteiger partial charge in [-0.2, -0.15) is 0 Å². The molecule has 3 N–H and O–H groups in total. The minimum Gasteiger partial charge on any atom is -0.454 e. The highest BCUT2D eigenvalue weighted by Crippen LogP contribution is 2.35. The number of para-hydroxylation sites is 1. The van der Waals surface area contributed by atoms with E-state index in [1.54, 1.807) is 12.3 Å². The summed E-state index contributed by atoms with van der Waals surface area (Å²) in [6.45, 7) is 0.867. The van der Waals surface area contributed by atoms with E-state index in [4.69, 9.17) is 15.2 Å². The van der Waals surface area contributed by atoms with Crippen molar-refractivity contribution in [1.82, 2.24) is 4.98 Å². The van der Waals surface area contributed by atoms with Crippen LogP contribution in [0.25, 0.3) is 0 Å². The largest absolute Gasteiger partial charge is 0.454 e. The molecule has 18 heavy (non-hydrogen) atoms. The van der Waals surface area contributed by atoms with Gasteiger partial charge in [-0.25, -0.2) is 4.98 Å². The summed E-state index contributed by atoms with van der Waals surface area (Å²) in [5, 5.41) is 3.19. The lowest BCUT2D eigenvalue weighted by atomic mass is 10.2. The van der Waals surface area contributed by atoms with Gasteiger partial charge in [0.25, 0.3) is 0 Å². The molecule has 92 valence electrons. The van der Waals surface area contributed by atoms with Crippen LogP contribution >= 0.6 is 0 Å². The molecule has 0 atom stereocenters. The summed E-state index contributed by atoms with van der Waals surface area (Å²) in [7, 11) is 0. The van der Waals surface area contributed by atoms with Crippen molar-refractivity contribution < 1.29 is 9.47 Å². The third-order valence-corrected chi connectivity index (χ3v) is 2.76. The third-order valence-electron chi connectivity index (χ3n) is 2.76. The topological polar surface area (TPSA) is 69.4 Å². The van der Waals surface area contributed by atoms with E-state index in [1.165, 1.54) is 0 Å². The molecule has 0 bridgehead atoms. The van der Waals surface area contributed by atoms with Gasteiger partial charge < -0.3 is 20.5 Å².